The van der Waals surface area contributed by atoms with Crippen LogP contribution in [0.25, 0.3) is 0 Å². The van der Waals surface area contributed by atoms with Gasteiger partial charge in [0, 0.05) is 25.0 Å². The Morgan fingerprint density at radius 2 is 1.79 bits per heavy atom. The number of benzene rings is 1. The van der Waals surface area contributed by atoms with E-state index in [1.165, 1.54) is 22.3 Å². The van der Waals surface area contributed by atoms with E-state index in [9.17, 15) is 8.42 Å². The molecule has 0 N–H and O–H groups in total. The van der Waals surface area contributed by atoms with Crippen LogP contribution in [0.5, 0.6) is 0 Å². The lowest BCUT2D eigenvalue weighted by molar-refractivity contribution is 0.445. The van der Waals surface area contributed by atoms with E-state index in [1.807, 2.05) is 26.0 Å². The standard InChI is InChI=1S/C17H19N3O2S2/c1-3-20(4-2)24(21,22)16-9-10-17(19-12-16)23-13-15-7-5-14(11-18)6-8-15/h5-10,12H,3-4,13H2,1-2H3. The first-order chi connectivity index (χ1) is 11.5. The van der Waals surface area contributed by atoms with E-state index >= 15 is 0 Å². The summed E-state index contributed by atoms with van der Waals surface area (Å²) < 4.78 is 26.2. The molecule has 0 radical (unpaired) electrons. The molecule has 0 fully saturated rings. The van der Waals surface area contributed by atoms with Crippen LogP contribution in [0.1, 0.15) is 25.0 Å². The number of hydrogen-bond acceptors (Lipinski definition) is 5. The van der Waals surface area contributed by atoms with Crippen molar-refractivity contribution in [2.45, 2.75) is 29.5 Å². The monoisotopic (exact) mass is 361 g/mol. The zero-order valence-corrected chi connectivity index (χ0v) is 15.3. The van der Waals surface area contributed by atoms with Gasteiger partial charge in [0.1, 0.15) is 4.90 Å². The summed E-state index contributed by atoms with van der Waals surface area (Å²) in [6.07, 6.45) is 1.41. The molecule has 0 amide bonds. The normalized spacial score (nSPS) is 11.4. The van der Waals surface area contributed by atoms with Gasteiger partial charge in [-0.2, -0.15) is 9.57 Å². The highest BCUT2D eigenvalue weighted by molar-refractivity contribution is 7.98. The van der Waals surface area contributed by atoms with Gasteiger partial charge in [0.25, 0.3) is 0 Å². The fourth-order valence-electron chi connectivity index (χ4n) is 2.15. The minimum absolute atomic E-state index is 0.217. The molecule has 0 aliphatic carbocycles. The van der Waals surface area contributed by atoms with Crippen molar-refractivity contribution in [3.8, 4) is 6.07 Å². The number of sulfonamides is 1. The van der Waals surface area contributed by atoms with E-state index in [1.54, 1.807) is 24.3 Å². The molecule has 1 aromatic carbocycles. The number of nitriles is 1. The second-order valence-corrected chi connectivity index (χ2v) is 7.95. The van der Waals surface area contributed by atoms with Crippen LogP contribution >= 0.6 is 11.8 Å². The molecule has 0 saturated heterocycles. The van der Waals surface area contributed by atoms with Crippen LogP contribution in [0.15, 0.2) is 52.5 Å². The van der Waals surface area contributed by atoms with Gasteiger partial charge in [-0.05, 0) is 29.8 Å². The molecular weight excluding hydrogens is 342 g/mol. The van der Waals surface area contributed by atoms with Gasteiger partial charge in [0.05, 0.1) is 16.7 Å². The van der Waals surface area contributed by atoms with Crippen LogP contribution in [0.4, 0.5) is 0 Å². The van der Waals surface area contributed by atoms with Crippen molar-refractivity contribution < 1.29 is 8.42 Å². The summed E-state index contributed by atoms with van der Waals surface area (Å²) in [5.41, 5.74) is 1.72. The van der Waals surface area contributed by atoms with Crippen LogP contribution < -0.4 is 0 Å². The number of rotatable bonds is 7. The van der Waals surface area contributed by atoms with Crippen molar-refractivity contribution in [3.05, 3.63) is 53.7 Å². The van der Waals surface area contributed by atoms with E-state index in [4.69, 9.17) is 5.26 Å². The van der Waals surface area contributed by atoms with E-state index in [2.05, 4.69) is 11.1 Å². The van der Waals surface area contributed by atoms with Gasteiger partial charge in [-0.25, -0.2) is 13.4 Å². The summed E-state index contributed by atoms with van der Waals surface area (Å²) in [6, 6.07) is 12.8. The fourth-order valence-corrected chi connectivity index (χ4v) is 4.35. The van der Waals surface area contributed by atoms with Gasteiger partial charge in [-0.3, -0.25) is 0 Å². The van der Waals surface area contributed by atoms with Crippen molar-refractivity contribution in [1.29, 1.82) is 5.26 Å². The molecule has 0 spiro atoms. The zero-order valence-electron chi connectivity index (χ0n) is 13.6. The number of thioether (sulfide) groups is 1. The Hall–Kier alpha value is -1.88. The van der Waals surface area contributed by atoms with E-state index in [-0.39, 0.29) is 4.90 Å². The van der Waals surface area contributed by atoms with Crippen LogP contribution in [0.3, 0.4) is 0 Å². The lowest BCUT2D eigenvalue weighted by Crippen LogP contribution is -2.30. The van der Waals surface area contributed by atoms with Gasteiger partial charge in [0.15, 0.2) is 0 Å². The largest absolute Gasteiger partial charge is 0.249 e. The Morgan fingerprint density at radius 1 is 1.12 bits per heavy atom. The number of pyridine rings is 1. The van der Waals surface area contributed by atoms with Crippen molar-refractivity contribution >= 4 is 21.8 Å². The topological polar surface area (TPSA) is 74.1 Å². The molecule has 0 saturated carbocycles. The zero-order chi connectivity index (χ0) is 17.6. The molecule has 0 aliphatic heterocycles. The fraction of sp³-hybridized carbons (Fsp3) is 0.294. The minimum atomic E-state index is -3.46. The quantitative estimate of drug-likeness (QED) is 0.708. The average Bonchev–Trinajstić information content (AvgIpc) is 2.61. The molecule has 5 nitrogen and oxygen atoms in total. The van der Waals surface area contributed by atoms with Crippen molar-refractivity contribution in [3.63, 3.8) is 0 Å². The molecule has 0 bridgehead atoms. The molecule has 7 heteroatoms. The summed E-state index contributed by atoms with van der Waals surface area (Å²) >= 11 is 1.52. The first kappa shape index (κ1) is 18.5. The first-order valence-corrected chi connectivity index (χ1v) is 10.0. The van der Waals surface area contributed by atoms with Gasteiger partial charge in [-0.1, -0.05) is 26.0 Å². The molecule has 0 aliphatic rings. The summed E-state index contributed by atoms with van der Waals surface area (Å²) in [7, 11) is -3.46. The number of nitrogens with zero attached hydrogens (tertiary/aromatic N) is 3. The summed E-state index contributed by atoms with van der Waals surface area (Å²) in [4.78, 5) is 4.47. The Kier molecular flexibility index (Phi) is 6.37. The molecule has 1 aromatic heterocycles. The third-order valence-electron chi connectivity index (χ3n) is 3.52. The van der Waals surface area contributed by atoms with Crippen LogP contribution in [0, 0.1) is 11.3 Å². The molecule has 126 valence electrons. The highest BCUT2D eigenvalue weighted by Crippen LogP contribution is 2.23. The Bertz CT molecular complexity index is 806. The molecule has 24 heavy (non-hydrogen) atoms. The minimum Gasteiger partial charge on any atom is -0.249 e. The van der Waals surface area contributed by atoms with Gasteiger partial charge in [-0.15, -0.1) is 11.8 Å². The van der Waals surface area contributed by atoms with Crippen molar-refractivity contribution in [1.82, 2.24) is 9.29 Å². The number of hydrogen-bond donors (Lipinski definition) is 0. The Labute approximate surface area is 147 Å². The SMILES string of the molecule is CCN(CC)S(=O)(=O)c1ccc(SCc2ccc(C#N)cc2)nc1. The molecule has 0 atom stereocenters. The summed E-state index contributed by atoms with van der Waals surface area (Å²) in [5.74, 6) is 0.709. The predicted octanol–water partition coefficient (Wildman–Crippen LogP) is 3.28. The van der Waals surface area contributed by atoms with Crippen molar-refractivity contribution in [2.24, 2.45) is 0 Å². The first-order valence-electron chi connectivity index (χ1n) is 7.59. The maximum Gasteiger partial charge on any atom is 0.244 e. The maximum atomic E-state index is 12.4. The summed E-state index contributed by atoms with van der Waals surface area (Å²) in [5, 5.41) is 9.55. The highest BCUT2D eigenvalue weighted by atomic mass is 32.2. The second kappa shape index (κ2) is 8.29. The Balaban J connectivity index is 2.05. The van der Waals surface area contributed by atoms with Crippen LogP contribution in [0.2, 0.25) is 0 Å². The lowest BCUT2D eigenvalue weighted by atomic mass is 10.2. The predicted molar refractivity (Wildman–Crippen MR) is 95.1 cm³/mol. The van der Waals surface area contributed by atoms with Crippen LogP contribution in [-0.4, -0.2) is 30.8 Å². The third kappa shape index (κ3) is 4.35. The Morgan fingerprint density at radius 3 is 2.29 bits per heavy atom. The van der Waals surface area contributed by atoms with Gasteiger partial charge in [0.2, 0.25) is 10.0 Å². The lowest BCUT2D eigenvalue weighted by Gasteiger charge is -2.18. The molecule has 0 unspecified atom stereocenters. The van der Waals surface area contributed by atoms with Gasteiger partial charge < -0.3 is 0 Å². The molecular formula is C17H19N3O2S2. The second-order valence-electron chi connectivity index (χ2n) is 5.02. The molecule has 1 heterocycles. The summed E-state index contributed by atoms with van der Waals surface area (Å²) in [6.45, 7) is 4.51. The highest BCUT2D eigenvalue weighted by Gasteiger charge is 2.21. The average molecular weight is 361 g/mol. The van der Waals surface area contributed by atoms with Gasteiger partial charge >= 0.3 is 0 Å². The smallest absolute Gasteiger partial charge is 0.244 e. The molecule has 2 rings (SSSR count). The van der Waals surface area contributed by atoms with E-state index < -0.39 is 10.0 Å². The number of aromatic nitrogens is 1. The third-order valence-corrected chi connectivity index (χ3v) is 6.57. The van der Waals surface area contributed by atoms with E-state index in [0.717, 1.165) is 10.6 Å². The van der Waals surface area contributed by atoms with Crippen molar-refractivity contribution in [2.75, 3.05) is 13.1 Å². The maximum absolute atomic E-state index is 12.4. The van der Waals surface area contributed by atoms with Crippen LogP contribution in [-0.2, 0) is 15.8 Å². The molecule has 2 aromatic rings. The van der Waals surface area contributed by atoms with E-state index in [0.29, 0.717) is 24.4 Å².